The molecule has 1 aromatic heterocycles. The van der Waals surface area contributed by atoms with E-state index >= 15 is 0 Å². The molecule has 0 bridgehead atoms. The van der Waals surface area contributed by atoms with Crippen molar-refractivity contribution in [1.82, 2.24) is 9.78 Å². The number of methoxy groups -OCH3 is 1. The second-order valence-corrected chi connectivity index (χ2v) is 4.75. The minimum absolute atomic E-state index is 0.0268. The molecule has 0 spiro atoms. The highest BCUT2D eigenvalue weighted by Gasteiger charge is 2.12. The Bertz CT molecular complexity index is 740. The number of nitrogens with zero attached hydrogens (tertiary/aromatic N) is 2. The molecule has 0 radical (unpaired) electrons. The van der Waals surface area contributed by atoms with Gasteiger partial charge in [-0.3, -0.25) is 9.59 Å². The number of carbonyl (C=O) groups is 1. The number of phenols is 1. The van der Waals surface area contributed by atoms with Crippen molar-refractivity contribution in [2.75, 3.05) is 19.0 Å². The zero-order valence-corrected chi connectivity index (χ0v) is 12.4. The first kappa shape index (κ1) is 15.7. The highest BCUT2D eigenvalue weighted by Crippen LogP contribution is 2.24. The molecular weight excluding hydrogens is 286 g/mol. The molecule has 7 nitrogen and oxygen atoms in total. The van der Waals surface area contributed by atoms with Crippen molar-refractivity contribution < 1.29 is 14.6 Å². The molecule has 2 aromatic rings. The molecule has 0 saturated heterocycles. The van der Waals surface area contributed by atoms with Gasteiger partial charge in [-0.25, -0.2) is 4.68 Å². The molecule has 0 unspecified atom stereocenters. The van der Waals surface area contributed by atoms with Crippen LogP contribution in [0.25, 0.3) is 0 Å². The van der Waals surface area contributed by atoms with E-state index in [0.29, 0.717) is 6.61 Å². The maximum absolute atomic E-state index is 12.2. The average Bonchev–Trinajstić information content (AvgIpc) is 2.49. The Morgan fingerprint density at radius 3 is 2.82 bits per heavy atom. The van der Waals surface area contributed by atoms with Crippen molar-refractivity contribution >= 4 is 11.6 Å². The van der Waals surface area contributed by atoms with E-state index in [4.69, 9.17) is 4.74 Å². The molecule has 7 heteroatoms. The summed E-state index contributed by atoms with van der Waals surface area (Å²) in [5, 5.41) is 16.3. The van der Waals surface area contributed by atoms with Gasteiger partial charge in [0.15, 0.2) is 0 Å². The van der Waals surface area contributed by atoms with Gasteiger partial charge < -0.3 is 15.2 Å². The van der Waals surface area contributed by atoms with Gasteiger partial charge in [0.25, 0.3) is 11.5 Å². The third-order valence-corrected chi connectivity index (χ3v) is 3.01. The minimum atomic E-state index is -0.509. The molecule has 22 heavy (non-hydrogen) atoms. The fourth-order valence-electron chi connectivity index (χ4n) is 1.84. The summed E-state index contributed by atoms with van der Waals surface area (Å²) in [5.74, 6) is -0.536. The lowest BCUT2D eigenvalue weighted by Crippen LogP contribution is -2.27. The molecule has 2 rings (SSSR count). The van der Waals surface area contributed by atoms with Crippen LogP contribution in [0.1, 0.15) is 16.1 Å². The summed E-state index contributed by atoms with van der Waals surface area (Å²) in [7, 11) is 1.52. The Morgan fingerprint density at radius 1 is 1.36 bits per heavy atom. The second-order valence-electron chi connectivity index (χ2n) is 4.75. The highest BCUT2D eigenvalue weighted by atomic mass is 16.5. The third kappa shape index (κ3) is 3.70. The number of carbonyl (C=O) groups excluding carboxylic acids is 1. The lowest BCUT2D eigenvalue weighted by Gasteiger charge is -2.09. The van der Waals surface area contributed by atoms with Gasteiger partial charge in [0.1, 0.15) is 11.4 Å². The Labute approximate surface area is 127 Å². The zero-order chi connectivity index (χ0) is 16.1. The molecule has 1 amide bonds. The Kier molecular flexibility index (Phi) is 4.90. The first-order valence-corrected chi connectivity index (χ1v) is 6.69. The van der Waals surface area contributed by atoms with Gasteiger partial charge in [-0.15, -0.1) is 0 Å². The van der Waals surface area contributed by atoms with E-state index in [1.54, 1.807) is 18.2 Å². The van der Waals surface area contributed by atoms with Crippen molar-refractivity contribution in [2.24, 2.45) is 0 Å². The smallest absolute Gasteiger partial charge is 0.276 e. The van der Waals surface area contributed by atoms with Crippen LogP contribution in [0.4, 0.5) is 5.69 Å². The number of aromatic nitrogens is 2. The van der Waals surface area contributed by atoms with Gasteiger partial charge in [0, 0.05) is 13.2 Å². The van der Waals surface area contributed by atoms with E-state index in [1.807, 2.05) is 6.92 Å². The quantitative estimate of drug-likeness (QED) is 0.808. The van der Waals surface area contributed by atoms with Crippen LogP contribution in [0.15, 0.2) is 35.1 Å². The minimum Gasteiger partial charge on any atom is -0.506 e. The largest absolute Gasteiger partial charge is 0.506 e. The fraction of sp³-hybridized carbons (Fsp3) is 0.267. The monoisotopic (exact) mass is 303 g/mol. The van der Waals surface area contributed by atoms with Crippen LogP contribution in [0.3, 0.4) is 0 Å². The van der Waals surface area contributed by atoms with Crippen molar-refractivity contribution in [1.29, 1.82) is 0 Å². The molecular formula is C15H17N3O4. The van der Waals surface area contributed by atoms with E-state index in [0.717, 1.165) is 10.2 Å². The van der Waals surface area contributed by atoms with Gasteiger partial charge in [-0.1, -0.05) is 6.07 Å². The first-order chi connectivity index (χ1) is 10.5. The predicted octanol–water partition coefficient (Wildman–Crippen LogP) is 1.16. The van der Waals surface area contributed by atoms with Gasteiger partial charge >= 0.3 is 0 Å². The summed E-state index contributed by atoms with van der Waals surface area (Å²) in [5.41, 5.74) is 0.927. The molecule has 0 atom stereocenters. The standard InChI is InChI=1S/C15H17N3O4/c1-10-3-4-11(13(19)9-10)16-15(21)12-5-6-14(20)18(17-12)7-8-22-2/h3-6,9,19H,7-8H2,1-2H3,(H,16,21). The van der Waals surface area contributed by atoms with Crippen molar-refractivity contribution in [2.45, 2.75) is 13.5 Å². The molecule has 0 aliphatic carbocycles. The SMILES string of the molecule is COCCn1nc(C(=O)Nc2ccc(C)cc2O)ccc1=O. The number of ether oxygens (including phenoxy) is 1. The van der Waals surface area contributed by atoms with Gasteiger partial charge in [-0.05, 0) is 30.7 Å². The second kappa shape index (κ2) is 6.86. The normalized spacial score (nSPS) is 10.5. The lowest BCUT2D eigenvalue weighted by atomic mass is 10.2. The van der Waals surface area contributed by atoms with E-state index < -0.39 is 5.91 Å². The number of benzene rings is 1. The molecule has 2 N–H and O–H groups in total. The predicted molar refractivity (Wildman–Crippen MR) is 81.2 cm³/mol. The summed E-state index contributed by atoms with van der Waals surface area (Å²) in [6.07, 6.45) is 0. The average molecular weight is 303 g/mol. The molecule has 0 fully saturated rings. The lowest BCUT2D eigenvalue weighted by molar-refractivity contribution is 0.101. The molecule has 116 valence electrons. The molecule has 0 aliphatic heterocycles. The van der Waals surface area contributed by atoms with Gasteiger partial charge in [0.2, 0.25) is 0 Å². The van der Waals surface area contributed by atoms with Crippen LogP contribution < -0.4 is 10.9 Å². The van der Waals surface area contributed by atoms with Crippen molar-refractivity contribution in [3.63, 3.8) is 0 Å². The number of aromatic hydroxyl groups is 1. The van der Waals surface area contributed by atoms with E-state index in [-0.39, 0.29) is 29.2 Å². The van der Waals surface area contributed by atoms with Gasteiger partial charge in [0.05, 0.1) is 18.8 Å². The maximum Gasteiger partial charge on any atom is 0.276 e. The Balaban J connectivity index is 2.20. The molecule has 0 saturated carbocycles. The number of hydrogen-bond donors (Lipinski definition) is 2. The number of anilines is 1. The number of phenolic OH excluding ortho intramolecular Hbond substituents is 1. The van der Waals surface area contributed by atoms with Crippen LogP contribution >= 0.6 is 0 Å². The number of amides is 1. The van der Waals surface area contributed by atoms with Crippen LogP contribution in [-0.2, 0) is 11.3 Å². The zero-order valence-electron chi connectivity index (χ0n) is 12.4. The fourth-order valence-corrected chi connectivity index (χ4v) is 1.84. The molecule has 1 aromatic carbocycles. The molecule has 1 heterocycles. The number of nitrogens with one attached hydrogen (secondary N) is 1. The van der Waals surface area contributed by atoms with E-state index in [9.17, 15) is 14.7 Å². The number of aryl methyl sites for hydroxylation is 1. The first-order valence-electron chi connectivity index (χ1n) is 6.69. The van der Waals surface area contributed by atoms with E-state index in [2.05, 4.69) is 10.4 Å². The summed E-state index contributed by atoms with van der Waals surface area (Å²) >= 11 is 0. The van der Waals surface area contributed by atoms with Crippen molar-refractivity contribution in [3.8, 4) is 5.75 Å². The summed E-state index contributed by atoms with van der Waals surface area (Å²) in [4.78, 5) is 23.8. The Morgan fingerprint density at radius 2 is 2.14 bits per heavy atom. The van der Waals surface area contributed by atoms with Crippen LogP contribution in [0, 0.1) is 6.92 Å². The van der Waals surface area contributed by atoms with Crippen molar-refractivity contribution in [3.05, 3.63) is 51.9 Å². The van der Waals surface area contributed by atoms with Crippen LogP contribution in [0.2, 0.25) is 0 Å². The van der Waals surface area contributed by atoms with E-state index in [1.165, 1.54) is 19.2 Å². The molecule has 0 aliphatic rings. The third-order valence-electron chi connectivity index (χ3n) is 3.01. The summed E-state index contributed by atoms with van der Waals surface area (Å²) in [6.45, 7) is 2.40. The maximum atomic E-state index is 12.2. The van der Waals surface area contributed by atoms with Gasteiger partial charge in [-0.2, -0.15) is 5.10 Å². The number of hydrogen-bond acceptors (Lipinski definition) is 5. The highest BCUT2D eigenvalue weighted by molar-refractivity contribution is 6.03. The number of rotatable bonds is 5. The topological polar surface area (TPSA) is 93.5 Å². The van der Waals surface area contributed by atoms with Crippen LogP contribution in [-0.4, -0.2) is 34.5 Å². The summed E-state index contributed by atoms with van der Waals surface area (Å²) in [6, 6.07) is 7.52. The van der Waals surface area contributed by atoms with Crippen LogP contribution in [0.5, 0.6) is 5.75 Å². The Hall–Kier alpha value is -2.67. The summed E-state index contributed by atoms with van der Waals surface area (Å²) < 4.78 is 6.05.